The largest absolute Gasteiger partial charge is 0.507 e. The molecule has 1 aromatic carbocycles. The van der Waals surface area contributed by atoms with Gasteiger partial charge in [0.25, 0.3) is 0 Å². The van der Waals surface area contributed by atoms with E-state index in [1.54, 1.807) is 29.9 Å². The maximum Gasteiger partial charge on any atom is 0.125 e. The summed E-state index contributed by atoms with van der Waals surface area (Å²) in [5.74, 6) is 0.686. The van der Waals surface area contributed by atoms with E-state index in [1.165, 1.54) is 0 Å². The van der Waals surface area contributed by atoms with E-state index in [0.717, 1.165) is 5.56 Å². The molecule has 0 atom stereocenters. The topological polar surface area (TPSA) is 64.1 Å². The number of hydrogen-bond donors (Lipinski definition) is 2. The molecule has 0 amide bonds. The predicted molar refractivity (Wildman–Crippen MR) is 64.5 cm³/mol. The van der Waals surface area contributed by atoms with Crippen molar-refractivity contribution in [1.29, 1.82) is 0 Å². The maximum atomic E-state index is 9.82. The minimum absolute atomic E-state index is 0.153. The number of anilines is 1. The van der Waals surface area contributed by atoms with Gasteiger partial charge in [-0.3, -0.25) is 4.68 Å². The summed E-state index contributed by atoms with van der Waals surface area (Å²) in [5.41, 5.74) is 7.70. The number of hydrogen-bond acceptors (Lipinski definition) is 3. The predicted octanol–water partition coefficient (Wildman–Crippen LogP) is 2.34. The molecular weight excluding hydrogens is 226 g/mol. The molecule has 0 saturated carbocycles. The zero-order chi connectivity index (χ0) is 11.9. The van der Waals surface area contributed by atoms with Crippen molar-refractivity contribution in [2.24, 2.45) is 7.05 Å². The van der Waals surface area contributed by atoms with E-state index < -0.39 is 0 Å². The third-order valence-electron chi connectivity index (χ3n) is 2.47. The Bertz CT molecular complexity index is 529. The van der Waals surface area contributed by atoms with Crippen molar-refractivity contribution < 1.29 is 5.11 Å². The number of rotatable bonds is 1. The lowest BCUT2D eigenvalue weighted by Crippen LogP contribution is -1.96. The number of phenolic OH excluding ortho intramolecular Hbond substituents is 1. The summed E-state index contributed by atoms with van der Waals surface area (Å²) >= 11 is 6.01. The van der Waals surface area contributed by atoms with Gasteiger partial charge in [0.1, 0.15) is 11.6 Å². The molecule has 2 aromatic rings. The fourth-order valence-corrected chi connectivity index (χ4v) is 1.65. The van der Waals surface area contributed by atoms with Crippen LogP contribution in [0.5, 0.6) is 5.75 Å². The van der Waals surface area contributed by atoms with E-state index in [9.17, 15) is 5.11 Å². The van der Waals surface area contributed by atoms with Crippen LogP contribution in [-0.4, -0.2) is 14.9 Å². The van der Waals surface area contributed by atoms with Crippen LogP contribution in [0.15, 0.2) is 18.2 Å². The average Bonchev–Trinajstić information content (AvgIpc) is 2.53. The molecule has 0 aliphatic carbocycles. The third-order valence-corrected chi connectivity index (χ3v) is 2.88. The third kappa shape index (κ3) is 1.72. The van der Waals surface area contributed by atoms with Crippen molar-refractivity contribution in [3.63, 3.8) is 0 Å². The summed E-state index contributed by atoms with van der Waals surface area (Å²) in [7, 11) is 1.74. The number of nitrogen functional groups attached to an aromatic ring is 1. The molecule has 3 N–H and O–H groups in total. The number of aromatic hydroxyl groups is 1. The summed E-state index contributed by atoms with van der Waals surface area (Å²) in [6, 6.07) is 5.00. The molecule has 0 aliphatic rings. The van der Waals surface area contributed by atoms with Crippen LogP contribution in [0.3, 0.4) is 0 Å². The molecule has 0 saturated heterocycles. The molecule has 5 heteroatoms. The van der Waals surface area contributed by atoms with Crippen LogP contribution < -0.4 is 5.73 Å². The van der Waals surface area contributed by atoms with Gasteiger partial charge in [-0.1, -0.05) is 11.6 Å². The highest BCUT2D eigenvalue weighted by Crippen LogP contribution is 2.33. The fourth-order valence-electron chi connectivity index (χ4n) is 1.48. The summed E-state index contributed by atoms with van der Waals surface area (Å²) in [6.45, 7) is 1.83. The highest BCUT2D eigenvalue weighted by molar-refractivity contribution is 6.31. The Morgan fingerprint density at radius 2 is 2.06 bits per heavy atom. The van der Waals surface area contributed by atoms with Crippen molar-refractivity contribution in [3.05, 3.63) is 28.8 Å². The van der Waals surface area contributed by atoms with Gasteiger partial charge in [0, 0.05) is 23.7 Å². The fraction of sp³-hybridized carbons (Fsp3) is 0.182. The summed E-state index contributed by atoms with van der Waals surface area (Å²) < 4.78 is 1.54. The SMILES string of the molecule is Cc1cc(O)c(-c2cc(N)n(C)n2)cc1Cl. The molecule has 2 rings (SSSR count). The summed E-state index contributed by atoms with van der Waals surface area (Å²) in [6.07, 6.45) is 0. The molecule has 1 heterocycles. The Morgan fingerprint density at radius 1 is 1.38 bits per heavy atom. The zero-order valence-corrected chi connectivity index (χ0v) is 9.78. The number of benzene rings is 1. The summed E-state index contributed by atoms with van der Waals surface area (Å²) in [5, 5.41) is 14.6. The maximum absolute atomic E-state index is 9.82. The number of phenols is 1. The van der Waals surface area contributed by atoms with Crippen LogP contribution >= 0.6 is 11.6 Å². The first-order chi connectivity index (χ1) is 7.49. The number of aromatic nitrogens is 2. The van der Waals surface area contributed by atoms with Gasteiger partial charge in [0.2, 0.25) is 0 Å². The zero-order valence-electron chi connectivity index (χ0n) is 9.03. The molecule has 0 aliphatic heterocycles. The Kier molecular flexibility index (Phi) is 2.52. The van der Waals surface area contributed by atoms with Crippen molar-refractivity contribution in [2.75, 3.05) is 5.73 Å². The van der Waals surface area contributed by atoms with E-state index in [4.69, 9.17) is 17.3 Å². The minimum atomic E-state index is 0.153. The number of nitrogens with zero attached hydrogens (tertiary/aromatic N) is 2. The molecule has 84 valence electrons. The molecular formula is C11H12ClN3O. The van der Waals surface area contributed by atoms with Crippen molar-refractivity contribution in [2.45, 2.75) is 6.92 Å². The van der Waals surface area contributed by atoms with E-state index >= 15 is 0 Å². The smallest absolute Gasteiger partial charge is 0.125 e. The van der Waals surface area contributed by atoms with Crippen LogP contribution in [0.2, 0.25) is 5.02 Å². The second-order valence-corrected chi connectivity index (χ2v) is 4.10. The first-order valence-electron chi connectivity index (χ1n) is 4.78. The molecule has 4 nitrogen and oxygen atoms in total. The summed E-state index contributed by atoms with van der Waals surface area (Å²) in [4.78, 5) is 0. The van der Waals surface area contributed by atoms with Gasteiger partial charge in [-0.05, 0) is 24.6 Å². The second-order valence-electron chi connectivity index (χ2n) is 3.70. The Labute approximate surface area is 98.3 Å². The molecule has 0 bridgehead atoms. The molecule has 0 radical (unpaired) electrons. The Balaban J connectivity index is 2.60. The standard InChI is InChI=1S/C11H12ClN3O/c1-6-3-10(16)7(4-8(6)12)9-5-11(13)15(2)14-9/h3-5,16H,13H2,1-2H3. The minimum Gasteiger partial charge on any atom is -0.507 e. The first kappa shape index (κ1) is 10.8. The molecule has 16 heavy (non-hydrogen) atoms. The molecule has 0 unspecified atom stereocenters. The highest BCUT2D eigenvalue weighted by Gasteiger charge is 2.11. The Hall–Kier alpha value is -1.68. The van der Waals surface area contributed by atoms with Crippen LogP contribution in [0.25, 0.3) is 11.3 Å². The van der Waals surface area contributed by atoms with Gasteiger partial charge in [-0.25, -0.2) is 0 Å². The lowest BCUT2D eigenvalue weighted by atomic mass is 10.1. The van der Waals surface area contributed by atoms with Crippen molar-refractivity contribution in [3.8, 4) is 17.0 Å². The lowest BCUT2D eigenvalue weighted by Gasteiger charge is -2.04. The normalized spacial score (nSPS) is 10.7. The molecule has 1 aromatic heterocycles. The monoisotopic (exact) mass is 237 g/mol. The van der Waals surface area contributed by atoms with E-state index in [0.29, 0.717) is 22.1 Å². The van der Waals surface area contributed by atoms with Crippen molar-refractivity contribution >= 4 is 17.4 Å². The van der Waals surface area contributed by atoms with Crippen LogP contribution in [0, 0.1) is 6.92 Å². The quantitative estimate of drug-likeness (QED) is 0.800. The molecule has 0 fully saturated rings. The van der Waals surface area contributed by atoms with Gasteiger partial charge in [0.05, 0.1) is 5.69 Å². The van der Waals surface area contributed by atoms with Gasteiger partial charge >= 0.3 is 0 Å². The Morgan fingerprint density at radius 3 is 2.62 bits per heavy atom. The average molecular weight is 238 g/mol. The lowest BCUT2D eigenvalue weighted by molar-refractivity contribution is 0.476. The number of halogens is 1. The van der Waals surface area contributed by atoms with Gasteiger partial charge in [-0.15, -0.1) is 0 Å². The number of aryl methyl sites for hydroxylation is 2. The van der Waals surface area contributed by atoms with E-state index in [2.05, 4.69) is 5.10 Å². The highest BCUT2D eigenvalue weighted by atomic mass is 35.5. The van der Waals surface area contributed by atoms with Crippen LogP contribution in [0.1, 0.15) is 5.56 Å². The number of nitrogens with two attached hydrogens (primary N) is 1. The van der Waals surface area contributed by atoms with Crippen LogP contribution in [-0.2, 0) is 7.05 Å². The first-order valence-corrected chi connectivity index (χ1v) is 5.16. The van der Waals surface area contributed by atoms with E-state index in [1.807, 2.05) is 6.92 Å². The van der Waals surface area contributed by atoms with Crippen LogP contribution in [0.4, 0.5) is 5.82 Å². The second kappa shape index (κ2) is 3.72. The van der Waals surface area contributed by atoms with Gasteiger partial charge in [0.15, 0.2) is 0 Å². The molecule has 0 spiro atoms. The van der Waals surface area contributed by atoms with E-state index in [-0.39, 0.29) is 5.75 Å². The van der Waals surface area contributed by atoms with Gasteiger partial charge in [-0.2, -0.15) is 5.10 Å². The van der Waals surface area contributed by atoms with Gasteiger partial charge < -0.3 is 10.8 Å². The van der Waals surface area contributed by atoms with Crippen molar-refractivity contribution in [1.82, 2.24) is 9.78 Å².